The third kappa shape index (κ3) is 3.18. The van der Waals surface area contributed by atoms with Crippen LogP contribution in [0.4, 0.5) is 0 Å². The number of hydrogen-bond donors (Lipinski definition) is 1. The first-order valence-electron chi connectivity index (χ1n) is 5.95. The Morgan fingerprint density at radius 3 is 2.95 bits per heavy atom. The van der Waals surface area contributed by atoms with Crippen molar-refractivity contribution in [2.75, 3.05) is 6.54 Å². The van der Waals surface area contributed by atoms with Crippen LogP contribution in [-0.2, 0) is 11.3 Å². The van der Waals surface area contributed by atoms with Crippen molar-refractivity contribution in [2.24, 2.45) is 5.73 Å². The van der Waals surface area contributed by atoms with Crippen molar-refractivity contribution in [1.29, 1.82) is 0 Å². The smallest absolute Gasteiger partial charge is 0.258 e. The molecule has 0 aliphatic rings. The van der Waals surface area contributed by atoms with Gasteiger partial charge in [0.15, 0.2) is 4.96 Å². The van der Waals surface area contributed by atoms with E-state index in [1.165, 1.54) is 21.8 Å². The predicted octanol–water partition coefficient (Wildman–Crippen LogP) is 0.452. The number of nitrogens with zero attached hydrogens (tertiary/aromatic N) is 3. The van der Waals surface area contributed by atoms with E-state index >= 15 is 0 Å². The number of nitrogens with two attached hydrogens (primary N) is 1. The van der Waals surface area contributed by atoms with Gasteiger partial charge in [0, 0.05) is 30.2 Å². The average molecular weight is 280 g/mol. The Morgan fingerprint density at radius 2 is 2.32 bits per heavy atom. The van der Waals surface area contributed by atoms with Gasteiger partial charge in [0.05, 0.1) is 12.2 Å². The monoisotopic (exact) mass is 280 g/mol. The van der Waals surface area contributed by atoms with Crippen LogP contribution in [0.15, 0.2) is 22.4 Å². The van der Waals surface area contributed by atoms with Gasteiger partial charge in [0.1, 0.15) is 0 Å². The fourth-order valence-corrected chi connectivity index (χ4v) is 2.54. The van der Waals surface area contributed by atoms with Crippen molar-refractivity contribution >= 4 is 22.2 Å². The second kappa shape index (κ2) is 5.50. The largest absolute Gasteiger partial charge is 0.369 e. The van der Waals surface area contributed by atoms with Crippen LogP contribution in [0.5, 0.6) is 0 Å². The van der Waals surface area contributed by atoms with E-state index in [4.69, 9.17) is 5.73 Å². The molecule has 0 aromatic carbocycles. The van der Waals surface area contributed by atoms with Crippen LogP contribution < -0.4 is 11.3 Å². The third-order valence-corrected chi connectivity index (χ3v) is 3.57. The molecule has 0 aliphatic carbocycles. The Bertz CT molecular complexity index is 646. The van der Waals surface area contributed by atoms with Crippen molar-refractivity contribution in [1.82, 2.24) is 14.3 Å². The molecule has 0 saturated heterocycles. The molecule has 2 rings (SSSR count). The zero-order valence-corrected chi connectivity index (χ0v) is 11.7. The highest BCUT2D eigenvalue weighted by atomic mass is 32.1. The molecule has 2 heterocycles. The molecule has 0 saturated carbocycles. The summed E-state index contributed by atoms with van der Waals surface area (Å²) in [7, 11) is 0. The minimum atomic E-state index is -0.386. The van der Waals surface area contributed by atoms with Crippen LogP contribution in [0, 0.1) is 0 Å². The van der Waals surface area contributed by atoms with Crippen LogP contribution in [-0.4, -0.2) is 32.8 Å². The molecule has 102 valence electrons. The van der Waals surface area contributed by atoms with Crippen molar-refractivity contribution in [3.05, 3.63) is 33.7 Å². The molecule has 2 N–H and O–H groups in total. The highest BCUT2D eigenvalue weighted by molar-refractivity contribution is 7.15. The zero-order chi connectivity index (χ0) is 14.0. The van der Waals surface area contributed by atoms with E-state index in [9.17, 15) is 9.59 Å². The first-order valence-corrected chi connectivity index (χ1v) is 6.83. The van der Waals surface area contributed by atoms with Crippen LogP contribution in [0.3, 0.4) is 0 Å². The van der Waals surface area contributed by atoms with Crippen molar-refractivity contribution in [3.63, 3.8) is 0 Å². The molecule has 0 aliphatic heterocycles. The topological polar surface area (TPSA) is 80.7 Å². The second-order valence-corrected chi connectivity index (χ2v) is 5.48. The summed E-state index contributed by atoms with van der Waals surface area (Å²) in [5, 5.41) is 1.82. The third-order valence-electron chi connectivity index (χ3n) is 2.81. The van der Waals surface area contributed by atoms with Gasteiger partial charge < -0.3 is 5.73 Å². The minimum Gasteiger partial charge on any atom is -0.369 e. The summed E-state index contributed by atoms with van der Waals surface area (Å²) in [5.41, 5.74) is 5.77. The molecule has 6 nitrogen and oxygen atoms in total. The molecule has 19 heavy (non-hydrogen) atoms. The average Bonchev–Trinajstić information content (AvgIpc) is 2.76. The molecule has 2 aromatic heterocycles. The summed E-state index contributed by atoms with van der Waals surface area (Å²) in [4.78, 5) is 29.8. The lowest BCUT2D eigenvalue weighted by Crippen LogP contribution is -2.38. The van der Waals surface area contributed by atoms with E-state index < -0.39 is 0 Å². The maximum absolute atomic E-state index is 11.9. The molecule has 1 amide bonds. The van der Waals surface area contributed by atoms with Gasteiger partial charge in [-0.05, 0) is 13.8 Å². The number of fused-ring (bicyclic) bond motifs is 1. The molecule has 0 fully saturated rings. The molecule has 0 spiro atoms. The first kappa shape index (κ1) is 13.7. The second-order valence-electron chi connectivity index (χ2n) is 4.61. The fraction of sp³-hybridized carbons (Fsp3) is 0.417. The van der Waals surface area contributed by atoms with E-state index in [-0.39, 0.29) is 24.1 Å². The summed E-state index contributed by atoms with van der Waals surface area (Å²) in [6, 6.07) is 1.65. The van der Waals surface area contributed by atoms with Crippen molar-refractivity contribution in [2.45, 2.75) is 26.4 Å². The van der Waals surface area contributed by atoms with E-state index in [0.717, 1.165) is 0 Å². The molecule has 0 bridgehead atoms. The number of rotatable bonds is 5. The van der Waals surface area contributed by atoms with Crippen molar-refractivity contribution < 1.29 is 4.79 Å². The van der Waals surface area contributed by atoms with Crippen LogP contribution in [0.2, 0.25) is 0 Å². The van der Waals surface area contributed by atoms with Gasteiger partial charge in [-0.25, -0.2) is 4.98 Å². The maximum atomic E-state index is 11.9. The summed E-state index contributed by atoms with van der Waals surface area (Å²) >= 11 is 1.41. The highest BCUT2D eigenvalue weighted by Crippen LogP contribution is 2.09. The van der Waals surface area contributed by atoms with Crippen LogP contribution in [0.1, 0.15) is 19.5 Å². The van der Waals surface area contributed by atoms with Gasteiger partial charge in [0.2, 0.25) is 5.91 Å². The molecule has 0 atom stereocenters. The molecule has 0 unspecified atom stereocenters. The maximum Gasteiger partial charge on any atom is 0.258 e. The first-order chi connectivity index (χ1) is 8.97. The van der Waals surface area contributed by atoms with Gasteiger partial charge in [-0.15, -0.1) is 11.3 Å². The van der Waals surface area contributed by atoms with Gasteiger partial charge >= 0.3 is 0 Å². The molecular weight excluding hydrogens is 264 g/mol. The Balaban J connectivity index is 2.28. The number of primary amides is 1. The number of aromatic nitrogens is 2. The summed E-state index contributed by atoms with van der Waals surface area (Å²) in [5.74, 6) is -0.386. The van der Waals surface area contributed by atoms with Gasteiger partial charge in [-0.1, -0.05) is 0 Å². The highest BCUT2D eigenvalue weighted by Gasteiger charge is 2.14. The lowest BCUT2D eigenvalue weighted by molar-refractivity contribution is -0.119. The van der Waals surface area contributed by atoms with Crippen LogP contribution >= 0.6 is 11.3 Å². The zero-order valence-electron chi connectivity index (χ0n) is 10.9. The number of thiazole rings is 1. The Kier molecular flexibility index (Phi) is 3.96. The van der Waals surface area contributed by atoms with Gasteiger partial charge in [-0.2, -0.15) is 0 Å². The van der Waals surface area contributed by atoms with E-state index in [1.807, 2.05) is 24.1 Å². The Morgan fingerprint density at radius 1 is 1.58 bits per heavy atom. The number of carbonyl (C=O) groups is 1. The van der Waals surface area contributed by atoms with Gasteiger partial charge in [-0.3, -0.25) is 18.9 Å². The Hall–Kier alpha value is -1.73. The van der Waals surface area contributed by atoms with Gasteiger partial charge in [0.25, 0.3) is 5.56 Å². The summed E-state index contributed by atoms with van der Waals surface area (Å²) in [6.45, 7) is 4.53. The molecule has 7 heteroatoms. The molecular formula is C12H16N4O2S. The number of amides is 1. The lowest BCUT2D eigenvalue weighted by Gasteiger charge is -2.24. The van der Waals surface area contributed by atoms with E-state index in [1.54, 1.807) is 6.20 Å². The number of carbonyl (C=O) groups excluding carboxylic acids is 1. The summed E-state index contributed by atoms with van der Waals surface area (Å²) < 4.78 is 1.50. The predicted molar refractivity (Wildman–Crippen MR) is 74.1 cm³/mol. The standard InChI is InChI=1S/C12H16N4O2S/c1-8(2)15(7-10(13)17)6-9-5-11(18)16-3-4-19-12(16)14-9/h3-5,8H,6-7H2,1-2H3,(H2,13,17). The molecule has 2 aromatic rings. The van der Waals surface area contributed by atoms with E-state index in [2.05, 4.69) is 4.98 Å². The minimum absolute atomic E-state index is 0.107. The summed E-state index contributed by atoms with van der Waals surface area (Å²) in [6.07, 6.45) is 1.70. The SMILES string of the molecule is CC(C)N(CC(N)=O)Cc1cc(=O)n2ccsc2n1. The van der Waals surface area contributed by atoms with Crippen molar-refractivity contribution in [3.8, 4) is 0 Å². The Labute approximate surface area is 114 Å². The lowest BCUT2D eigenvalue weighted by atomic mass is 10.2. The fourth-order valence-electron chi connectivity index (χ4n) is 1.80. The molecule has 0 radical (unpaired) electrons. The quantitative estimate of drug-likeness (QED) is 0.862. The number of hydrogen-bond acceptors (Lipinski definition) is 5. The van der Waals surface area contributed by atoms with Crippen LogP contribution in [0.25, 0.3) is 4.96 Å². The van der Waals surface area contributed by atoms with E-state index in [0.29, 0.717) is 17.2 Å². The normalized spacial score (nSPS) is 11.6.